The second kappa shape index (κ2) is 5.63. The molecule has 1 amide bonds. The average Bonchev–Trinajstić information content (AvgIpc) is 3.03. The Bertz CT molecular complexity index is 643. The molecule has 6 heteroatoms. The Morgan fingerprint density at radius 1 is 1.33 bits per heavy atom. The number of likely N-dealkylation sites (tertiary alicyclic amines) is 1. The summed E-state index contributed by atoms with van der Waals surface area (Å²) < 4.78 is 31.8. The van der Waals surface area contributed by atoms with Crippen LogP contribution in [0.25, 0.3) is 0 Å². The summed E-state index contributed by atoms with van der Waals surface area (Å²) in [5.74, 6) is -1.35. The lowest BCUT2D eigenvalue weighted by Gasteiger charge is -2.32. The number of benzene rings is 1. The summed E-state index contributed by atoms with van der Waals surface area (Å²) in [6.45, 7) is 0.936. The molecule has 4 nitrogen and oxygen atoms in total. The van der Waals surface area contributed by atoms with Crippen LogP contribution in [0.5, 0.6) is 0 Å². The molecular formula is C15H14F2N2O2. The Balaban J connectivity index is 1.80. The Hall–Kier alpha value is -2.24. The molecular weight excluding hydrogens is 278 g/mol. The van der Waals surface area contributed by atoms with E-state index in [9.17, 15) is 13.6 Å². The minimum atomic E-state index is -0.466. The molecule has 1 atom stereocenters. The van der Waals surface area contributed by atoms with Gasteiger partial charge in [-0.2, -0.15) is 0 Å². The molecule has 1 aromatic carbocycles. The van der Waals surface area contributed by atoms with Gasteiger partial charge in [-0.15, -0.1) is 0 Å². The van der Waals surface area contributed by atoms with Crippen molar-refractivity contribution in [3.8, 4) is 0 Å². The zero-order valence-electron chi connectivity index (χ0n) is 11.3. The van der Waals surface area contributed by atoms with Gasteiger partial charge in [0.1, 0.15) is 17.9 Å². The van der Waals surface area contributed by atoms with Crippen molar-refractivity contribution in [2.45, 2.75) is 18.8 Å². The molecule has 1 saturated heterocycles. The molecule has 1 aliphatic rings. The molecule has 2 heterocycles. The first-order chi connectivity index (χ1) is 10.1. The van der Waals surface area contributed by atoms with E-state index >= 15 is 0 Å². The van der Waals surface area contributed by atoms with E-state index < -0.39 is 11.6 Å². The van der Waals surface area contributed by atoms with Gasteiger partial charge in [-0.1, -0.05) is 5.16 Å². The highest BCUT2D eigenvalue weighted by molar-refractivity contribution is 5.92. The van der Waals surface area contributed by atoms with E-state index in [4.69, 9.17) is 0 Å². The standard InChI is InChI=1S/C15H14F2N2O2/c16-11-3-4-13(17)12(8-11)10-2-1-6-19(9-10)15(20)14-5-7-21-18-14/h3-5,7-8,10H,1-2,6,9H2/t10-/m1/s1. The monoisotopic (exact) mass is 292 g/mol. The fourth-order valence-corrected chi connectivity index (χ4v) is 2.73. The minimum absolute atomic E-state index is 0.203. The number of aromatic nitrogens is 1. The third-order valence-electron chi connectivity index (χ3n) is 3.76. The van der Waals surface area contributed by atoms with Crippen LogP contribution in [0.1, 0.15) is 34.8 Å². The first-order valence-corrected chi connectivity index (χ1v) is 6.80. The third kappa shape index (κ3) is 2.79. The van der Waals surface area contributed by atoms with Crippen LogP contribution in [0.3, 0.4) is 0 Å². The van der Waals surface area contributed by atoms with E-state index in [1.54, 1.807) is 4.90 Å². The van der Waals surface area contributed by atoms with Crippen molar-refractivity contribution in [3.05, 3.63) is 53.4 Å². The summed E-state index contributed by atoms with van der Waals surface area (Å²) >= 11 is 0. The van der Waals surface area contributed by atoms with Crippen LogP contribution in [0.4, 0.5) is 8.78 Å². The highest BCUT2D eigenvalue weighted by Gasteiger charge is 2.28. The van der Waals surface area contributed by atoms with Gasteiger partial charge in [-0.25, -0.2) is 8.78 Å². The summed E-state index contributed by atoms with van der Waals surface area (Å²) in [6.07, 6.45) is 2.80. The highest BCUT2D eigenvalue weighted by atomic mass is 19.1. The van der Waals surface area contributed by atoms with E-state index in [1.165, 1.54) is 18.4 Å². The Labute approximate surface area is 120 Å². The quantitative estimate of drug-likeness (QED) is 0.855. The van der Waals surface area contributed by atoms with Crippen molar-refractivity contribution < 1.29 is 18.1 Å². The predicted molar refractivity (Wildman–Crippen MR) is 70.7 cm³/mol. The van der Waals surface area contributed by atoms with Gasteiger partial charge >= 0.3 is 0 Å². The maximum atomic E-state index is 13.9. The van der Waals surface area contributed by atoms with Gasteiger partial charge in [0.05, 0.1) is 0 Å². The van der Waals surface area contributed by atoms with Crippen LogP contribution < -0.4 is 0 Å². The van der Waals surface area contributed by atoms with Gasteiger partial charge in [-0.3, -0.25) is 4.79 Å². The smallest absolute Gasteiger partial charge is 0.276 e. The van der Waals surface area contributed by atoms with E-state index in [2.05, 4.69) is 9.68 Å². The Morgan fingerprint density at radius 3 is 2.95 bits per heavy atom. The first kappa shape index (κ1) is 13.7. The molecule has 0 unspecified atom stereocenters. The van der Waals surface area contributed by atoms with E-state index in [0.717, 1.165) is 25.0 Å². The zero-order valence-corrected chi connectivity index (χ0v) is 11.3. The van der Waals surface area contributed by atoms with Crippen molar-refractivity contribution in [3.63, 3.8) is 0 Å². The van der Waals surface area contributed by atoms with Crippen LogP contribution in [-0.4, -0.2) is 29.1 Å². The maximum Gasteiger partial charge on any atom is 0.276 e. The fourth-order valence-electron chi connectivity index (χ4n) is 2.73. The molecule has 0 bridgehead atoms. The molecule has 2 aromatic rings. The Kier molecular flexibility index (Phi) is 3.68. The molecule has 1 fully saturated rings. The number of hydrogen-bond acceptors (Lipinski definition) is 3. The number of hydrogen-bond donors (Lipinski definition) is 0. The topological polar surface area (TPSA) is 46.3 Å². The summed E-state index contributed by atoms with van der Waals surface area (Å²) in [6, 6.07) is 4.93. The summed E-state index contributed by atoms with van der Waals surface area (Å²) in [4.78, 5) is 13.8. The maximum absolute atomic E-state index is 13.9. The lowest BCUT2D eigenvalue weighted by atomic mass is 9.90. The lowest BCUT2D eigenvalue weighted by Crippen LogP contribution is -2.39. The Morgan fingerprint density at radius 2 is 2.19 bits per heavy atom. The van der Waals surface area contributed by atoms with Crippen molar-refractivity contribution >= 4 is 5.91 Å². The van der Waals surface area contributed by atoms with Gasteiger partial charge in [-0.05, 0) is 36.6 Å². The normalized spacial score (nSPS) is 18.8. The van der Waals surface area contributed by atoms with Gasteiger partial charge in [0.2, 0.25) is 0 Å². The van der Waals surface area contributed by atoms with Gasteiger partial charge in [0.15, 0.2) is 5.69 Å². The molecule has 21 heavy (non-hydrogen) atoms. The van der Waals surface area contributed by atoms with Crippen LogP contribution in [-0.2, 0) is 0 Å². The molecule has 0 saturated carbocycles. The number of halogens is 2. The van der Waals surface area contributed by atoms with Gasteiger partial charge in [0.25, 0.3) is 5.91 Å². The fraction of sp³-hybridized carbons (Fsp3) is 0.333. The number of piperidine rings is 1. The van der Waals surface area contributed by atoms with E-state index in [-0.39, 0.29) is 17.5 Å². The van der Waals surface area contributed by atoms with Gasteiger partial charge in [0, 0.05) is 25.1 Å². The minimum Gasteiger partial charge on any atom is -0.364 e. The first-order valence-electron chi connectivity index (χ1n) is 6.80. The molecule has 110 valence electrons. The molecule has 0 spiro atoms. The van der Waals surface area contributed by atoms with Crippen molar-refractivity contribution in [2.24, 2.45) is 0 Å². The average molecular weight is 292 g/mol. The number of carbonyl (C=O) groups is 1. The lowest BCUT2D eigenvalue weighted by molar-refractivity contribution is 0.0695. The van der Waals surface area contributed by atoms with Crippen LogP contribution in [0.2, 0.25) is 0 Å². The summed E-state index contributed by atoms with van der Waals surface area (Å²) in [5.41, 5.74) is 0.558. The number of rotatable bonds is 2. The van der Waals surface area contributed by atoms with Crippen molar-refractivity contribution in [2.75, 3.05) is 13.1 Å². The zero-order chi connectivity index (χ0) is 14.8. The van der Waals surface area contributed by atoms with Crippen molar-refractivity contribution in [1.82, 2.24) is 10.1 Å². The number of carbonyl (C=O) groups excluding carboxylic acids is 1. The SMILES string of the molecule is O=C(c1ccon1)N1CCC[C@@H](c2cc(F)ccc2F)C1. The van der Waals surface area contributed by atoms with E-state index in [1.807, 2.05) is 0 Å². The van der Waals surface area contributed by atoms with Crippen LogP contribution in [0.15, 0.2) is 35.1 Å². The summed E-state index contributed by atoms with van der Waals surface area (Å²) in [5, 5.41) is 3.62. The van der Waals surface area contributed by atoms with Crippen LogP contribution in [0, 0.1) is 11.6 Å². The second-order valence-corrected chi connectivity index (χ2v) is 5.14. The molecule has 3 rings (SSSR count). The van der Waals surface area contributed by atoms with Crippen LogP contribution >= 0.6 is 0 Å². The largest absolute Gasteiger partial charge is 0.364 e. The molecule has 0 radical (unpaired) electrons. The molecule has 1 aromatic heterocycles. The second-order valence-electron chi connectivity index (χ2n) is 5.14. The number of nitrogens with zero attached hydrogens (tertiary/aromatic N) is 2. The van der Waals surface area contributed by atoms with Gasteiger partial charge < -0.3 is 9.42 Å². The predicted octanol–water partition coefficient (Wildman–Crippen LogP) is 2.97. The highest BCUT2D eigenvalue weighted by Crippen LogP contribution is 2.29. The molecule has 0 aliphatic carbocycles. The van der Waals surface area contributed by atoms with Crippen molar-refractivity contribution in [1.29, 1.82) is 0 Å². The number of amides is 1. The third-order valence-corrected chi connectivity index (χ3v) is 3.76. The summed E-state index contributed by atoms with van der Waals surface area (Å²) in [7, 11) is 0. The molecule has 0 N–H and O–H groups in total. The molecule has 1 aliphatic heterocycles. The van der Waals surface area contributed by atoms with E-state index in [0.29, 0.717) is 18.7 Å².